The molecule has 1 aliphatic carbocycles. The van der Waals surface area contributed by atoms with E-state index in [0.717, 1.165) is 4.88 Å². The van der Waals surface area contributed by atoms with Gasteiger partial charge in [0.1, 0.15) is 0 Å². The minimum absolute atomic E-state index is 0.0823. The van der Waals surface area contributed by atoms with Crippen molar-refractivity contribution < 1.29 is 9.90 Å². The molecule has 3 heteroatoms. The summed E-state index contributed by atoms with van der Waals surface area (Å²) in [6.07, 6.45) is 5.20. The predicted molar refractivity (Wildman–Crippen MR) is 87.1 cm³/mol. The van der Waals surface area contributed by atoms with E-state index >= 15 is 0 Å². The third kappa shape index (κ3) is 3.18. The highest BCUT2D eigenvalue weighted by molar-refractivity contribution is 7.15. The minimum Gasteiger partial charge on any atom is -0.481 e. The van der Waals surface area contributed by atoms with Gasteiger partial charge in [-0.15, -0.1) is 11.3 Å². The van der Waals surface area contributed by atoms with Crippen molar-refractivity contribution in [1.82, 2.24) is 0 Å². The Labute approximate surface area is 129 Å². The van der Waals surface area contributed by atoms with Crippen LogP contribution in [0, 0.1) is 0 Å². The quantitative estimate of drug-likeness (QED) is 0.874. The molecule has 0 aliphatic heterocycles. The van der Waals surface area contributed by atoms with Crippen molar-refractivity contribution in [3.05, 3.63) is 46.3 Å². The van der Waals surface area contributed by atoms with Crippen molar-refractivity contribution in [1.29, 1.82) is 0 Å². The predicted octanol–water partition coefficient (Wildman–Crippen LogP) is 4.87. The number of rotatable bonds is 4. The van der Waals surface area contributed by atoms with E-state index in [0.29, 0.717) is 0 Å². The fourth-order valence-corrected chi connectivity index (χ4v) is 4.08. The highest BCUT2D eigenvalue weighted by Crippen LogP contribution is 2.35. The Hall–Kier alpha value is -1.61. The molecule has 0 radical (unpaired) electrons. The average Bonchev–Trinajstić information content (AvgIpc) is 2.96. The Morgan fingerprint density at radius 2 is 1.95 bits per heavy atom. The van der Waals surface area contributed by atoms with Crippen molar-refractivity contribution in [2.24, 2.45) is 0 Å². The summed E-state index contributed by atoms with van der Waals surface area (Å²) >= 11 is 1.72. The van der Waals surface area contributed by atoms with Crippen LogP contribution >= 0.6 is 11.3 Å². The molecule has 1 heterocycles. The second kappa shape index (κ2) is 6.02. The molecule has 0 saturated heterocycles. The number of aliphatic carboxylic acids is 1. The monoisotopic (exact) mass is 300 g/mol. The molecule has 21 heavy (non-hydrogen) atoms. The molecule has 1 unspecified atom stereocenters. The third-order valence-electron chi connectivity index (χ3n) is 4.23. The molecule has 110 valence electrons. The van der Waals surface area contributed by atoms with Crippen LogP contribution in [-0.2, 0) is 17.6 Å². The Balaban J connectivity index is 1.84. The van der Waals surface area contributed by atoms with E-state index in [4.69, 9.17) is 5.11 Å². The average molecular weight is 300 g/mol. The van der Waals surface area contributed by atoms with E-state index in [1.54, 1.807) is 11.3 Å². The van der Waals surface area contributed by atoms with Crippen LogP contribution in [0.25, 0.3) is 10.4 Å². The zero-order chi connectivity index (χ0) is 14.8. The summed E-state index contributed by atoms with van der Waals surface area (Å²) in [4.78, 5) is 13.2. The van der Waals surface area contributed by atoms with E-state index < -0.39 is 5.97 Å². The van der Waals surface area contributed by atoms with Gasteiger partial charge < -0.3 is 5.11 Å². The van der Waals surface area contributed by atoms with Crippen LogP contribution in [0.4, 0.5) is 0 Å². The molecule has 0 bridgehead atoms. The second-order valence-electron chi connectivity index (χ2n) is 5.89. The van der Waals surface area contributed by atoms with Crippen LogP contribution in [0.1, 0.15) is 48.1 Å². The van der Waals surface area contributed by atoms with Crippen LogP contribution in [0.15, 0.2) is 30.3 Å². The number of aryl methyl sites for hydroxylation is 2. The molecule has 1 atom stereocenters. The number of thiophene rings is 1. The molecule has 1 aromatic heterocycles. The first-order valence-corrected chi connectivity index (χ1v) is 8.39. The van der Waals surface area contributed by atoms with Gasteiger partial charge >= 0.3 is 5.97 Å². The van der Waals surface area contributed by atoms with Gasteiger partial charge in [-0.2, -0.15) is 0 Å². The lowest BCUT2D eigenvalue weighted by molar-refractivity contribution is -0.137. The molecule has 0 spiro atoms. The van der Waals surface area contributed by atoms with E-state index in [2.05, 4.69) is 30.3 Å². The van der Waals surface area contributed by atoms with E-state index in [1.165, 1.54) is 47.3 Å². The molecule has 2 nitrogen and oxygen atoms in total. The van der Waals surface area contributed by atoms with E-state index in [9.17, 15) is 4.79 Å². The van der Waals surface area contributed by atoms with Gasteiger partial charge in [-0.05, 0) is 54.5 Å². The lowest BCUT2D eigenvalue weighted by atomic mass is 9.90. The summed E-state index contributed by atoms with van der Waals surface area (Å²) in [5.41, 5.74) is 4.27. The fourth-order valence-electron chi connectivity index (χ4n) is 3.02. The first kappa shape index (κ1) is 14.3. The molecule has 0 fully saturated rings. The van der Waals surface area contributed by atoms with Crippen LogP contribution in [0.5, 0.6) is 0 Å². The normalized spacial score (nSPS) is 15.5. The first-order chi connectivity index (χ1) is 10.1. The van der Waals surface area contributed by atoms with Crippen molar-refractivity contribution >= 4 is 17.3 Å². The molecule has 3 rings (SSSR count). The zero-order valence-electron chi connectivity index (χ0n) is 12.3. The summed E-state index contributed by atoms with van der Waals surface area (Å²) in [6, 6.07) is 11.0. The zero-order valence-corrected chi connectivity index (χ0v) is 13.1. The van der Waals surface area contributed by atoms with Crippen molar-refractivity contribution in [3.8, 4) is 10.4 Å². The first-order valence-electron chi connectivity index (χ1n) is 7.57. The SMILES string of the molecule is CC(CC(=O)O)c1ccc(-c2ccc3c(c2)CCCC3)s1. The summed E-state index contributed by atoms with van der Waals surface area (Å²) in [7, 11) is 0. The highest BCUT2D eigenvalue weighted by atomic mass is 32.1. The maximum absolute atomic E-state index is 10.8. The number of hydrogen-bond donors (Lipinski definition) is 1. The number of carboxylic acid groups (broad SMARTS) is 1. The Bertz CT molecular complexity index is 657. The lowest BCUT2D eigenvalue weighted by Crippen LogP contribution is -2.02. The summed E-state index contributed by atoms with van der Waals surface area (Å²) in [5.74, 6) is -0.648. The Morgan fingerprint density at radius 3 is 2.71 bits per heavy atom. The van der Waals surface area contributed by atoms with Crippen LogP contribution < -0.4 is 0 Å². The summed E-state index contributed by atoms with van der Waals surface area (Å²) in [5, 5.41) is 8.91. The van der Waals surface area contributed by atoms with Crippen molar-refractivity contribution in [2.45, 2.75) is 44.9 Å². The van der Waals surface area contributed by atoms with E-state index in [-0.39, 0.29) is 12.3 Å². The molecule has 1 aliphatic rings. The maximum Gasteiger partial charge on any atom is 0.303 e. The number of carbonyl (C=O) groups is 1. The fraction of sp³-hybridized carbons (Fsp3) is 0.389. The molecular formula is C18H20O2S. The second-order valence-corrected chi connectivity index (χ2v) is 7.01. The van der Waals surface area contributed by atoms with Gasteiger partial charge in [0.2, 0.25) is 0 Å². The van der Waals surface area contributed by atoms with Crippen molar-refractivity contribution in [2.75, 3.05) is 0 Å². The minimum atomic E-state index is -0.730. The van der Waals surface area contributed by atoms with Gasteiger partial charge in [0, 0.05) is 15.7 Å². The Kier molecular flexibility index (Phi) is 4.11. The topological polar surface area (TPSA) is 37.3 Å². The van der Waals surface area contributed by atoms with E-state index in [1.807, 2.05) is 6.92 Å². The number of carboxylic acids is 1. The summed E-state index contributed by atoms with van der Waals surface area (Å²) in [6.45, 7) is 1.98. The number of benzene rings is 1. The van der Waals surface area contributed by atoms with Crippen molar-refractivity contribution in [3.63, 3.8) is 0 Å². The van der Waals surface area contributed by atoms with Crippen LogP contribution in [-0.4, -0.2) is 11.1 Å². The lowest BCUT2D eigenvalue weighted by Gasteiger charge is -2.16. The standard InChI is InChI=1S/C18H20O2S/c1-12(10-18(19)20)16-8-9-17(21-16)15-7-6-13-4-2-3-5-14(13)11-15/h6-9,11-12H,2-5,10H2,1H3,(H,19,20). The molecule has 0 amide bonds. The van der Waals surface area contributed by atoms with Crippen LogP contribution in [0.3, 0.4) is 0 Å². The largest absolute Gasteiger partial charge is 0.481 e. The number of hydrogen-bond acceptors (Lipinski definition) is 2. The van der Waals surface area contributed by atoms with Crippen LogP contribution in [0.2, 0.25) is 0 Å². The molecular weight excluding hydrogens is 280 g/mol. The molecule has 2 aromatic rings. The van der Waals surface area contributed by atoms with Gasteiger partial charge in [-0.1, -0.05) is 25.1 Å². The van der Waals surface area contributed by atoms with Gasteiger partial charge in [0.05, 0.1) is 6.42 Å². The third-order valence-corrected chi connectivity index (χ3v) is 5.59. The smallest absolute Gasteiger partial charge is 0.303 e. The molecule has 0 saturated carbocycles. The highest BCUT2D eigenvalue weighted by Gasteiger charge is 2.14. The Morgan fingerprint density at radius 1 is 1.19 bits per heavy atom. The summed E-state index contributed by atoms with van der Waals surface area (Å²) < 4.78 is 0. The number of fused-ring (bicyclic) bond motifs is 1. The maximum atomic E-state index is 10.8. The molecule has 1 N–H and O–H groups in total. The van der Waals surface area contributed by atoms with Gasteiger partial charge in [-0.25, -0.2) is 0 Å². The van der Waals surface area contributed by atoms with Gasteiger partial charge in [0.25, 0.3) is 0 Å². The van der Waals surface area contributed by atoms with Gasteiger partial charge in [0.15, 0.2) is 0 Å². The van der Waals surface area contributed by atoms with Gasteiger partial charge in [-0.3, -0.25) is 4.79 Å². The molecule has 1 aromatic carbocycles.